The average Bonchev–Trinajstić information content (AvgIpc) is 3.77. The quantitative estimate of drug-likeness (QED) is 0.149. The first-order valence-electron chi connectivity index (χ1n) is 23.2. The number of aliphatic hydroxyl groups is 5. The summed E-state index contributed by atoms with van der Waals surface area (Å²) >= 11 is 0. The van der Waals surface area contributed by atoms with Crippen LogP contribution in [0.5, 0.6) is 0 Å². The molecule has 0 unspecified atom stereocenters. The molecule has 21 atom stereocenters. The summed E-state index contributed by atoms with van der Waals surface area (Å²) in [4.78, 5) is 0. The third-order valence-corrected chi connectivity index (χ3v) is 16.9. The maximum Gasteiger partial charge on any atom is 0.187 e. The van der Waals surface area contributed by atoms with Gasteiger partial charge in [-0.3, -0.25) is 0 Å². The lowest BCUT2D eigenvalue weighted by Gasteiger charge is -2.66. The first-order valence-corrected chi connectivity index (χ1v) is 23.2. The topological polar surface area (TPSA) is 193 Å². The van der Waals surface area contributed by atoms with Crippen molar-refractivity contribution in [1.29, 1.82) is 0 Å². The molecule has 0 aromatic carbocycles. The first kappa shape index (κ1) is 48.3. The Labute approximate surface area is 363 Å². The molecular weight excluding hydrogens is 792 g/mol. The Morgan fingerprint density at radius 1 is 0.820 bits per heavy atom. The molecule has 0 radical (unpaired) electrons. The number of aliphatic hydroxyl groups excluding tert-OH is 4. The van der Waals surface area contributed by atoms with E-state index in [-0.39, 0.29) is 84.3 Å². The predicted molar refractivity (Wildman–Crippen MR) is 221 cm³/mol. The monoisotopic (exact) mass is 873 g/mol. The van der Waals surface area contributed by atoms with Gasteiger partial charge in [-0.2, -0.15) is 0 Å². The molecule has 3 saturated heterocycles. The lowest BCUT2D eigenvalue weighted by molar-refractivity contribution is -0.313. The van der Waals surface area contributed by atoms with Crippen molar-refractivity contribution >= 4 is 0 Å². The van der Waals surface area contributed by atoms with Gasteiger partial charge in [-0.05, 0) is 107 Å². The molecule has 0 aromatic heterocycles. The molecule has 0 spiro atoms. The van der Waals surface area contributed by atoms with Crippen molar-refractivity contribution in [2.24, 2.45) is 46.3 Å². The molecule has 354 valence electrons. The second-order valence-corrected chi connectivity index (χ2v) is 21.6. The Kier molecular flexibility index (Phi) is 14.2. The van der Waals surface area contributed by atoms with Crippen LogP contribution in [0.25, 0.3) is 0 Å². The Balaban J connectivity index is 1.05. The SMILES string of the molecule is CO[C@H]1[C@H](O[C@H]2[C@H](O[C@@H](CC[C@@H](C)[C@H]3C[C@@H](O)[C@@H]4[C@]3(C)CC[C@@H]3[C@@]5(C)CC[C@@H]6OC(C)(C)O[C@@H]6[C@@H]5[C@@H](O)C[C@]34O)C(C)C)O[C@@H](COC(C)(C)OC)[C@@H]2O)OC[C@@H](OC)[C@@H]1O. The number of methoxy groups -OCH3 is 3. The molecule has 7 rings (SSSR count). The van der Waals surface area contributed by atoms with Gasteiger partial charge in [-0.15, -0.1) is 0 Å². The van der Waals surface area contributed by atoms with E-state index in [2.05, 4.69) is 34.6 Å². The fourth-order valence-electron chi connectivity index (χ4n) is 13.7. The molecule has 15 heteroatoms. The molecule has 4 aliphatic carbocycles. The van der Waals surface area contributed by atoms with E-state index in [1.807, 2.05) is 13.8 Å². The van der Waals surface area contributed by atoms with E-state index in [0.29, 0.717) is 12.8 Å². The summed E-state index contributed by atoms with van der Waals surface area (Å²) in [6.07, 6.45) is -3.96. The molecule has 7 aliphatic rings. The van der Waals surface area contributed by atoms with Crippen molar-refractivity contribution in [3.8, 4) is 0 Å². The minimum atomic E-state index is -1.21. The summed E-state index contributed by atoms with van der Waals surface area (Å²) < 4.78 is 60.7. The Morgan fingerprint density at radius 2 is 1.52 bits per heavy atom. The van der Waals surface area contributed by atoms with E-state index in [4.69, 9.17) is 47.4 Å². The first-order chi connectivity index (χ1) is 28.5. The zero-order chi connectivity index (χ0) is 44.6. The number of fused-ring (bicyclic) bond motifs is 7. The average molecular weight is 873 g/mol. The zero-order valence-corrected chi connectivity index (χ0v) is 38.9. The van der Waals surface area contributed by atoms with Gasteiger partial charge < -0.3 is 72.9 Å². The van der Waals surface area contributed by atoms with E-state index >= 15 is 0 Å². The molecular formula is C46H80O15. The standard InChI is InChI=1S/C46H80O15/c1-23(2)28(57-41-38(35(50)31(58-41)22-56-42(4,5)54-12)59-40-37(53-11)34(49)30(52-10)21-55-40)14-13-24(3)25-19-26(47)39-44(25,8)18-16-32-45(9)17-15-29-36(61-43(6,7)60-29)33(45)27(48)20-46(32,39)51/h23-41,47-51H,13-22H2,1-12H3/t24-,25-,26-,27+,28+,29+,30-,31+,32-,33+,34+,35+,36+,37-,38-,39-,40+,41-,44-,45-,46+/m1/s1. The van der Waals surface area contributed by atoms with Crippen molar-refractivity contribution in [3.63, 3.8) is 0 Å². The summed E-state index contributed by atoms with van der Waals surface area (Å²) in [5.74, 6) is -1.83. The molecule has 5 N–H and O–H groups in total. The van der Waals surface area contributed by atoms with Gasteiger partial charge in [0, 0.05) is 39.6 Å². The highest BCUT2D eigenvalue weighted by Crippen LogP contribution is 2.70. The molecule has 0 amide bonds. The zero-order valence-electron chi connectivity index (χ0n) is 38.9. The summed E-state index contributed by atoms with van der Waals surface area (Å²) in [6.45, 7) is 18.5. The summed E-state index contributed by atoms with van der Waals surface area (Å²) in [7, 11) is 4.50. The van der Waals surface area contributed by atoms with Crippen molar-refractivity contribution in [3.05, 3.63) is 0 Å². The van der Waals surface area contributed by atoms with Gasteiger partial charge in [-0.1, -0.05) is 34.6 Å². The Bertz CT molecular complexity index is 1480. The maximum absolute atomic E-state index is 13.0. The highest BCUT2D eigenvalue weighted by Gasteiger charge is 2.73. The smallest absolute Gasteiger partial charge is 0.187 e. The molecule has 61 heavy (non-hydrogen) atoms. The number of rotatable bonds is 15. The van der Waals surface area contributed by atoms with Crippen LogP contribution in [0.2, 0.25) is 0 Å². The van der Waals surface area contributed by atoms with Crippen LogP contribution in [0, 0.1) is 46.3 Å². The van der Waals surface area contributed by atoms with Crippen LogP contribution in [-0.2, 0) is 47.4 Å². The lowest BCUT2D eigenvalue weighted by atomic mass is 9.41. The van der Waals surface area contributed by atoms with Crippen LogP contribution in [-0.4, -0.2) is 157 Å². The molecule has 15 nitrogen and oxygen atoms in total. The minimum Gasteiger partial charge on any atom is -0.393 e. The second kappa shape index (κ2) is 17.9. The molecule has 0 bridgehead atoms. The second-order valence-electron chi connectivity index (χ2n) is 21.6. The third-order valence-electron chi connectivity index (χ3n) is 16.9. The van der Waals surface area contributed by atoms with Gasteiger partial charge in [0.2, 0.25) is 0 Å². The fraction of sp³-hybridized carbons (Fsp3) is 1.00. The van der Waals surface area contributed by atoms with Gasteiger partial charge in [0.05, 0.1) is 49.3 Å². The van der Waals surface area contributed by atoms with E-state index < -0.39 is 78.6 Å². The Hall–Kier alpha value is -0.600. The largest absolute Gasteiger partial charge is 0.393 e. The van der Waals surface area contributed by atoms with Crippen LogP contribution in [0.4, 0.5) is 0 Å². The van der Waals surface area contributed by atoms with E-state index in [1.165, 1.54) is 14.2 Å². The molecule has 0 aromatic rings. The molecule has 3 heterocycles. The third kappa shape index (κ3) is 8.77. The van der Waals surface area contributed by atoms with E-state index in [9.17, 15) is 25.5 Å². The summed E-state index contributed by atoms with van der Waals surface area (Å²) in [5.41, 5.74) is -1.90. The minimum absolute atomic E-state index is 0.00791. The highest BCUT2D eigenvalue weighted by atomic mass is 16.8. The van der Waals surface area contributed by atoms with Gasteiger partial charge in [-0.25, -0.2) is 0 Å². The van der Waals surface area contributed by atoms with Gasteiger partial charge >= 0.3 is 0 Å². The highest BCUT2D eigenvalue weighted by molar-refractivity contribution is 5.21. The fourth-order valence-corrected chi connectivity index (χ4v) is 13.7. The number of ether oxygens (including phenoxy) is 10. The maximum atomic E-state index is 13.0. The summed E-state index contributed by atoms with van der Waals surface area (Å²) in [5, 5.41) is 59.7. The predicted octanol–water partition coefficient (Wildman–Crippen LogP) is 3.91. The van der Waals surface area contributed by atoms with Gasteiger partial charge in [0.1, 0.15) is 36.6 Å². The van der Waals surface area contributed by atoms with Crippen LogP contribution in [0.3, 0.4) is 0 Å². The molecule has 7 fully saturated rings. The van der Waals surface area contributed by atoms with E-state index in [0.717, 1.165) is 32.1 Å². The van der Waals surface area contributed by atoms with Crippen LogP contribution in [0.1, 0.15) is 114 Å². The molecule has 4 saturated carbocycles. The molecule has 3 aliphatic heterocycles. The Morgan fingerprint density at radius 3 is 2.18 bits per heavy atom. The van der Waals surface area contributed by atoms with Crippen molar-refractivity contribution in [2.75, 3.05) is 34.5 Å². The van der Waals surface area contributed by atoms with Crippen LogP contribution < -0.4 is 0 Å². The number of hydrogen-bond acceptors (Lipinski definition) is 15. The van der Waals surface area contributed by atoms with Gasteiger partial charge in [0.15, 0.2) is 24.2 Å². The van der Waals surface area contributed by atoms with Crippen molar-refractivity contribution in [1.82, 2.24) is 0 Å². The summed E-state index contributed by atoms with van der Waals surface area (Å²) in [6, 6.07) is 0. The normalized spacial score (nSPS) is 49.3. The van der Waals surface area contributed by atoms with Crippen molar-refractivity contribution < 1.29 is 72.9 Å². The van der Waals surface area contributed by atoms with E-state index in [1.54, 1.807) is 21.0 Å². The van der Waals surface area contributed by atoms with Crippen molar-refractivity contribution in [2.45, 2.75) is 211 Å². The van der Waals surface area contributed by atoms with Gasteiger partial charge in [0.25, 0.3) is 0 Å². The number of hydrogen-bond donors (Lipinski definition) is 5. The lowest BCUT2D eigenvalue weighted by Crippen LogP contribution is -2.70. The van der Waals surface area contributed by atoms with Crippen LogP contribution >= 0.6 is 0 Å². The van der Waals surface area contributed by atoms with Crippen LogP contribution in [0.15, 0.2) is 0 Å².